The van der Waals surface area contributed by atoms with Crippen molar-refractivity contribution in [3.8, 4) is 0 Å². The SMILES string of the molecule is CC(C)(C(=O)O)S(=O)(=O)Cc1cccc(Cl)c1F. The zero-order chi connectivity index (χ0) is 14.1. The lowest BCUT2D eigenvalue weighted by molar-refractivity contribution is -0.139. The highest BCUT2D eigenvalue weighted by Gasteiger charge is 2.42. The molecule has 0 aliphatic carbocycles. The van der Waals surface area contributed by atoms with Crippen molar-refractivity contribution in [3.05, 3.63) is 34.6 Å². The molecule has 100 valence electrons. The molecule has 0 fully saturated rings. The van der Waals surface area contributed by atoms with Crippen molar-refractivity contribution in [1.29, 1.82) is 0 Å². The highest BCUT2D eigenvalue weighted by atomic mass is 35.5. The average molecular weight is 295 g/mol. The Balaban J connectivity index is 3.19. The summed E-state index contributed by atoms with van der Waals surface area (Å²) in [6.45, 7) is 2.13. The number of benzene rings is 1. The van der Waals surface area contributed by atoms with Gasteiger partial charge < -0.3 is 5.11 Å². The van der Waals surface area contributed by atoms with E-state index in [9.17, 15) is 17.6 Å². The number of hydrogen-bond acceptors (Lipinski definition) is 3. The topological polar surface area (TPSA) is 71.4 Å². The van der Waals surface area contributed by atoms with Crippen LogP contribution in [0.25, 0.3) is 0 Å². The molecule has 0 spiro atoms. The van der Waals surface area contributed by atoms with E-state index in [1.54, 1.807) is 0 Å². The van der Waals surface area contributed by atoms with Crippen molar-refractivity contribution < 1.29 is 22.7 Å². The molecule has 7 heteroatoms. The standard InChI is InChI=1S/C11H12ClFO4S/c1-11(2,10(14)15)18(16,17)6-7-4-3-5-8(12)9(7)13/h3-5H,6H2,1-2H3,(H,14,15). The van der Waals surface area contributed by atoms with Crippen LogP contribution in [0.3, 0.4) is 0 Å². The third-order valence-electron chi connectivity index (χ3n) is 2.67. The Morgan fingerprint density at radius 3 is 2.50 bits per heavy atom. The Bertz CT molecular complexity index is 581. The highest BCUT2D eigenvalue weighted by molar-refractivity contribution is 7.92. The van der Waals surface area contributed by atoms with Crippen LogP contribution in [0.4, 0.5) is 4.39 Å². The highest BCUT2D eigenvalue weighted by Crippen LogP contribution is 2.25. The molecule has 0 aliphatic rings. The summed E-state index contributed by atoms with van der Waals surface area (Å²) >= 11 is 5.53. The minimum atomic E-state index is -4.05. The molecule has 0 amide bonds. The number of rotatable bonds is 4. The second-order valence-electron chi connectivity index (χ2n) is 4.29. The summed E-state index contributed by atoms with van der Waals surface area (Å²) in [5.74, 6) is -3.03. The minimum absolute atomic E-state index is 0.142. The Morgan fingerprint density at radius 1 is 1.44 bits per heavy atom. The minimum Gasteiger partial charge on any atom is -0.480 e. The maximum atomic E-state index is 13.6. The van der Waals surface area contributed by atoms with Gasteiger partial charge in [-0.3, -0.25) is 4.79 Å². The largest absolute Gasteiger partial charge is 0.480 e. The first kappa shape index (κ1) is 14.9. The van der Waals surface area contributed by atoms with Crippen molar-refractivity contribution >= 4 is 27.4 Å². The molecule has 0 unspecified atom stereocenters. The van der Waals surface area contributed by atoms with Gasteiger partial charge in [0.1, 0.15) is 5.82 Å². The van der Waals surface area contributed by atoms with Gasteiger partial charge in [-0.2, -0.15) is 0 Å². The molecule has 1 rings (SSSR count). The van der Waals surface area contributed by atoms with Crippen LogP contribution in [0.15, 0.2) is 18.2 Å². The van der Waals surface area contributed by atoms with E-state index in [0.717, 1.165) is 13.8 Å². The molecule has 4 nitrogen and oxygen atoms in total. The van der Waals surface area contributed by atoms with E-state index in [-0.39, 0.29) is 10.6 Å². The van der Waals surface area contributed by atoms with Crippen LogP contribution in [-0.2, 0) is 20.4 Å². The fraction of sp³-hybridized carbons (Fsp3) is 0.364. The lowest BCUT2D eigenvalue weighted by Gasteiger charge is -2.19. The van der Waals surface area contributed by atoms with E-state index in [4.69, 9.17) is 16.7 Å². The molecule has 0 atom stereocenters. The van der Waals surface area contributed by atoms with Crippen LogP contribution in [0, 0.1) is 5.82 Å². The number of aliphatic carboxylic acids is 1. The molecular formula is C11H12ClFO4S. The lowest BCUT2D eigenvalue weighted by atomic mass is 10.2. The van der Waals surface area contributed by atoms with Gasteiger partial charge in [-0.1, -0.05) is 23.7 Å². The Morgan fingerprint density at radius 2 is 2.00 bits per heavy atom. The van der Waals surface area contributed by atoms with Crippen LogP contribution in [0.1, 0.15) is 19.4 Å². The quantitative estimate of drug-likeness (QED) is 0.924. The summed E-state index contributed by atoms with van der Waals surface area (Å²) in [4.78, 5) is 10.9. The summed E-state index contributed by atoms with van der Waals surface area (Å²) < 4.78 is 35.5. The van der Waals surface area contributed by atoms with Crippen LogP contribution in [-0.4, -0.2) is 24.2 Å². The molecular weight excluding hydrogens is 283 g/mol. The number of carboxylic acid groups (broad SMARTS) is 1. The molecule has 0 saturated carbocycles. The van der Waals surface area contributed by atoms with Gasteiger partial charge in [0.25, 0.3) is 0 Å². The van der Waals surface area contributed by atoms with Crippen LogP contribution >= 0.6 is 11.6 Å². The zero-order valence-corrected chi connectivity index (χ0v) is 11.3. The second-order valence-corrected chi connectivity index (χ2v) is 7.23. The fourth-order valence-corrected chi connectivity index (χ4v) is 2.63. The molecule has 0 radical (unpaired) electrons. The number of carbonyl (C=O) groups is 1. The van der Waals surface area contributed by atoms with Gasteiger partial charge in [-0.05, 0) is 19.9 Å². The van der Waals surface area contributed by atoms with Crippen LogP contribution < -0.4 is 0 Å². The molecule has 0 aromatic heterocycles. The summed E-state index contributed by atoms with van der Waals surface area (Å²) in [5.41, 5.74) is -0.142. The van der Waals surface area contributed by atoms with Gasteiger partial charge in [-0.25, -0.2) is 12.8 Å². The van der Waals surface area contributed by atoms with Crippen molar-refractivity contribution in [2.45, 2.75) is 24.3 Å². The van der Waals surface area contributed by atoms with Gasteiger partial charge in [-0.15, -0.1) is 0 Å². The zero-order valence-electron chi connectivity index (χ0n) is 9.78. The van der Waals surface area contributed by atoms with Gasteiger partial charge >= 0.3 is 5.97 Å². The number of halogens is 2. The van der Waals surface area contributed by atoms with E-state index >= 15 is 0 Å². The van der Waals surface area contributed by atoms with E-state index < -0.39 is 32.1 Å². The predicted octanol–water partition coefficient (Wildman–Crippen LogP) is 2.26. The van der Waals surface area contributed by atoms with Crippen molar-refractivity contribution in [2.24, 2.45) is 0 Å². The van der Waals surface area contributed by atoms with E-state index in [1.165, 1.54) is 18.2 Å². The summed E-state index contributed by atoms with van der Waals surface area (Å²) in [7, 11) is -4.05. The van der Waals surface area contributed by atoms with E-state index in [0.29, 0.717) is 0 Å². The monoisotopic (exact) mass is 294 g/mol. The molecule has 18 heavy (non-hydrogen) atoms. The maximum Gasteiger partial charge on any atom is 0.324 e. The van der Waals surface area contributed by atoms with Gasteiger partial charge in [0, 0.05) is 5.56 Å². The second kappa shape index (κ2) is 4.85. The van der Waals surface area contributed by atoms with Crippen LogP contribution in [0.5, 0.6) is 0 Å². The lowest BCUT2D eigenvalue weighted by Crippen LogP contribution is -2.41. The first-order valence-electron chi connectivity index (χ1n) is 4.98. The molecule has 1 N–H and O–H groups in total. The summed E-state index contributed by atoms with van der Waals surface area (Å²) in [5, 5.41) is 8.68. The Hall–Kier alpha value is -1.14. The molecule has 0 heterocycles. The average Bonchev–Trinajstić information content (AvgIpc) is 2.24. The molecule has 0 aliphatic heterocycles. The Kier molecular flexibility index (Phi) is 4.02. The first-order chi connectivity index (χ1) is 8.09. The normalized spacial score (nSPS) is 12.4. The predicted molar refractivity (Wildman–Crippen MR) is 65.7 cm³/mol. The van der Waals surface area contributed by atoms with Crippen molar-refractivity contribution in [1.82, 2.24) is 0 Å². The maximum absolute atomic E-state index is 13.6. The first-order valence-corrected chi connectivity index (χ1v) is 7.01. The third-order valence-corrected chi connectivity index (χ3v) is 5.38. The third kappa shape index (κ3) is 2.64. The van der Waals surface area contributed by atoms with Crippen molar-refractivity contribution in [2.75, 3.05) is 0 Å². The van der Waals surface area contributed by atoms with Gasteiger partial charge in [0.05, 0.1) is 10.8 Å². The smallest absolute Gasteiger partial charge is 0.324 e. The fourth-order valence-electron chi connectivity index (χ4n) is 1.18. The van der Waals surface area contributed by atoms with Gasteiger partial charge in [0.2, 0.25) is 0 Å². The number of sulfone groups is 1. The molecule has 1 aromatic carbocycles. The van der Waals surface area contributed by atoms with E-state index in [2.05, 4.69) is 0 Å². The summed E-state index contributed by atoms with van der Waals surface area (Å²) in [6.07, 6.45) is 0. The van der Waals surface area contributed by atoms with E-state index in [1.807, 2.05) is 0 Å². The van der Waals surface area contributed by atoms with Crippen LogP contribution in [0.2, 0.25) is 5.02 Å². The van der Waals surface area contributed by atoms with Crippen molar-refractivity contribution in [3.63, 3.8) is 0 Å². The molecule has 1 aromatic rings. The molecule has 0 saturated heterocycles. The molecule has 0 bridgehead atoms. The Labute approximate surface area is 109 Å². The summed E-state index contributed by atoms with van der Waals surface area (Å²) in [6, 6.07) is 3.95. The number of hydrogen-bond donors (Lipinski definition) is 1. The number of carboxylic acids is 1. The van der Waals surface area contributed by atoms with Gasteiger partial charge in [0.15, 0.2) is 14.6 Å².